The number of carbonyl (C=O) groups excluding carboxylic acids is 2. The molecule has 1 aromatic heterocycles. The van der Waals surface area contributed by atoms with Gasteiger partial charge in [0.25, 0.3) is 11.7 Å². The van der Waals surface area contributed by atoms with Gasteiger partial charge in [-0.05, 0) is 57.2 Å². The van der Waals surface area contributed by atoms with Gasteiger partial charge in [0.1, 0.15) is 5.75 Å². The molecular formula is C23H28N3O4+. The maximum absolute atomic E-state index is 12.7. The minimum Gasteiger partial charge on any atom is -0.494 e. The van der Waals surface area contributed by atoms with Crippen LogP contribution in [0.2, 0.25) is 0 Å². The molecule has 3 aromatic rings. The lowest BCUT2D eigenvalue weighted by Crippen LogP contribution is -2.35. The SMILES string of the molecule is CCOC(=O)c1ccc2c(c1)n(CC(=O)Nc1ccc(OCC)cc1)c(C)[n+]2CC. The number of fused-ring (bicyclic) bond motifs is 1. The molecule has 1 N–H and O–H groups in total. The summed E-state index contributed by atoms with van der Waals surface area (Å²) in [6.07, 6.45) is 0. The third-order valence-corrected chi connectivity index (χ3v) is 4.92. The molecule has 0 radical (unpaired) electrons. The summed E-state index contributed by atoms with van der Waals surface area (Å²) >= 11 is 0. The monoisotopic (exact) mass is 410 g/mol. The van der Waals surface area contributed by atoms with Crippen LogP contribution in [0.15, 0.2) is 42.5 Å². The molecule has 0 spiro atoms. The Morgan fingerprint density at radius 1 is 1.03 bits per heavy atom. The molecule has 0 aliphatic carbocycles. The molecular weight excluding hydrogens is 382 g/mol. The van der Waals surface area contributed by atoms with Gasteiger partial charge in [0, 0.05) is 18.7 Å². The summed E-state index contributed by atoms with van der Waals surface area (Å²) < 4.78 is 14.6. The molecule has 7 heteroatoms. The van der Waals surface area contributed by atoms with Gasteiger partial charge in [0.15, 0.2) is 17.6 Å². The lowest BCUT2D eigenvalue weighted by atomic mass is 10.2. The molecule has 30 heavy (non-hydrogen) atoms. The number of carbonyl (C=O) groups is 2. The first kappa shape index (κ1) is 21.4. The van der Waals surface area contributed by atoms with Crippen LogP contribution in [-0.2, 0) is 22.6 Å². The normalized spacial score (nSPS) is 10.8. The van der Waals surface area contributed by atoms with Crippen LogP contribution in [0.1, 0.15) is 37.0 Å². The number of nitrogens with zero attached hydrogens (tertiary/aromatic N) is 2. The van der Waals surface area contributed by atoms with Gasteiger partial charge in [-0.25, -0.2) is 13.9 Å². The van der Waals surface area contributed by atoms with Crippen LogP contribution < -0.4 is 14.6 Å². The molecule has 0 bridgehead atoms. The first-order chi connectivity index (χ1) is 14.5. The summed E-state index contributed by atoms with van der Waals surface area (Å²) in [7, 11) is 0. The first-order valence-electron chi connectivity index (χ1n) is 10.2. The Hall–Kier alpha value is -3.35. The molecule has 3 rings (SSSR count). The fourth-order valence-corrected chi connectivity index (χ4v) is 3.55. The lowest BCUT2D eigenvalue weighted by Gasteiger charge is -2.07. The van der Waals surface area contributed by atoms with Crippen molar-refractivity contribution < 1.29 is 23.6 Å². The van der Waals surface area contributed by atoms with Crippen molar-refractivity contribution in [1.82, 2.24) is 4.57 Å². The molecule has 7 nitrogen and oxygen atoms in total. The van der Waals surface area contributed by atoms with Crippen molar-refractivity contribution in [2.24, 2.45) is 0 Å². The molecule has 0 saturated carbocycles. The van der Waals surface area contributed by atoms with E-state index in [4.69, 9.17) is 9.47 Å². The average Bonchev–Trinajstić information content (AvgIpc) is 3.00. The molecule has 1 heterocycles. The number of hydrogen-bond donors (Lipinski definition) is 1. The first-order valence-corrected chi connectivity index (χ1v) is 10.2. The minimum absolute atomic E-state index is 0.134. The largest absolute Gasteiger partial charge is 0.494 e. The highest BCUT2D eigenvalue weighted by molar-refractivity contribution is 5.94. The summed E-state index contributed by atoms with van der Waals surface area (Å²) in [4.78, 5) is 24.9. The third-order valence-electron chi connectivity index (χ3n) is 4.92. The number of hydrogen-bond acceptors (Lipinski definition) is 4. The van der Waals surface area contributed by atoms with Crippen LogP contribution in [0.25, 0.3) is 11.0 Å². The van der Waals surface area contributed by atoms with Crippen LogP contribution in [0.4, 0.5) is 5.69 Å². The van der Waals surface area contributed by atoms with Gasteiger partial charge in [-0.15, -0.1) is 0 Å². The van der Waals surface area contributed by atoms with Crippen LogP contribution in [-0.4, -0.2) is 29.7 Å². The van der Waals surface area contributed by atoms with Crippen molar-refractivity contribution in [1.29, 1.82) is 0 Å². The Morgan fingerprint density at radius 3 is 2.40 bits per heavy atom. The number of imidazole rings is 1. The maximum Gasteiger partial charge on any atom is 0.338 e. The number of amides is 1. The second kappa shape index (κ2) is 9.43. The van der Waals surface area contributed by atoms with E-state index in [-0.39, 0.29) is 18.4 Å². The number of aryl methyl sites for hydroxylation is 1. The summed E-state index contributed by atoms with van der Waals surface area (Å²) in [6, 6.07) is 12.7. The second-order valence-electron chi connectivity index (χ2n) is 6.81. The van der Waals surface area contributed by atoms with E-state index in [0.29, 0.717) is 24.5 Å². The van der Waals surface area contributed by atoms with Crippen LogP contribution in [0.3, 0.4) is 0 Å². The smallest absolute Gasteiger partial charge is 0.338 e. The number of aromatic nitrogens is 2. The zero-order valence-corrected chi connectivity index (χ0v) is 17.9. The summed E-state index contributed by atoms with van der Waals surface area (Å²) in [5.41, 5.74) is 2.96. The lowest BCUT2D eigenvalue weighted by molar-refractivity contribution is -0.674. The zero-order valence-electron chi connectivity index (χ0n) is 17.9. The van der Waals surface area contributed by atoms with E-state index in [1.54, 1.807) is 19.1 Å². The molecule has 0 aliphatic rings. The second-order valence-corrected chi connectivity index (χ2v) is 6.81. The van der Waals surface area contributed by atoms with Crippen LogP contribution in [0, 0.1) is 6.92 Å². The van der Waals surface area contributed by atoms with E-state index in [2.05, 4.69) is 16.8 Å². The van der Waals surface area contributed by atoms with Gasteiger partial charge in [-0.2, -0.15) is 0 Å². The molecule has 0 saturated heterocycles. The Labute approximate surface area is 176 Å². The van der Waals surface area contributed by atoms with E-state index >= 15 is 0 Å². The molecule has 158 valence electrons. The van der Waals surface area contributed by atoms with Crippen molar-refractivity contribution in [3.63, 3.8) is 0 Å². The number of rotatable bonds is 8. The third kappa shape index (κ3) is 4.45. The van der Waals surface area contributed by atoms with Gasteiger partial charge < -0.3 is 14.8 Å². The fraction of sp³-hybridized carbons (Fsp3) is 0.348. The Morgan fingerprint density at radius 2 is 1.77 bits per heavy atom. The number of esters is 1. The van der Waals surface area contributed by atoms with Crippen LogP contribution >= 0.6 is 0 Å². The van der Waals surface area contributed by atoms with E-state index in [0.717, 1.165) is 29.2 Å². The van der Waals surface area contributed by atoms with E-state index in [1.807, 2.05) is 48.7 Å². The maximum atomic E-state index is 12.7. The zero-order chi connectivity index (χ0) is 21.7. The van der Waals surface area contributed by atoms with Gasteiger partial charge in [-0.1, -0.05) is 0 Å². The van der Waals surface area contributed by atoms with Crippen molar-refractivity contribution in [2.45, 2.75) is 40.8 Å². The molecule has 0 fully saturated rings. The van der Waals surface area contributed by atoms with Crippen molar-refractivity contribution in [2.75, 3.05) is 18.5 Å². The number of anilines is 1. The molecule has 2 aromatic carbocycles. The van der Waals surface area contributed by atoms with Gasteiger partial charge >= 0.3 is 5.97 Å². The fourth-order valence-electron chi connectivity index (χ4n) is 3.55. The van der Waals surface area contributed by atoms with Crippen molar-refractivity contribution in [3.8, 4) is 5.75 Å². The number of benzene rings is 2. The van der Waals surface area contributed by atoms with Crippen molar-refractivity contribution in [3.05, 3.63) is 53.9 Å². The highest BCUT2D eigenvalue weighted by Crippen LogP contribution is 2.19. The number of ether oxygens (including phenoxy) is 2. The van der Waals surface area contributed by atoms with Gasteiger partial charge in [0.2, 0.25) is 0 Å². The van der Waals surface area contributed by atoms with E-state index in [1.165, 1.54) is 0 Å². The summed E-state index contributed by atoms with van der Waals surface area (Å²) in [5, 5.41) is 2.92. The van der Waals surface area contributed by atoms with Gasteiger partial charge in [-0.3, -0.25) is 4.79 Å². The summed E-state index contributed by atoms with van der Waals surface area (Å²) in [5.74, 6) is 1.18. The quantitative estimate of drug-likeness (QED) is 0.456. The Balaban J connectivity index is 1.87. The van der Waals surface area contributed by atoms with E-state index < -0.39 is 0 Å². The average molecular weight is 410 g/mol. The minimum atomic E-state index is -0.369. The van der Waals surface area contributed by atoms with Crippen molar-refractivity contribution >= 4 is 28.6 Å². The predicted octanol–water partition coefficient (Wildman–Crippen LogP) is 3.47. The van der Waals surface area contributed by atoms with E-state index in [9.17, 15) is 9.59 Å². The summed E-state index contributed by atoms with van der Waals surface area (Å²) in [6.45, 7) is 9.53. The predicted molar refractivity (Wildman–Crippen MR) is 115 cm³/mol. The highest BCUT2D eigenvalue weighted by atomic mass is 16.5. The van der Waals surface area contributed by atoms with Crippen LogP contribution in [0.5, 0.6) is 5.75 Å². The molecule has 0 aliphatic heterocycles. The molecule has 1 amide bonds. The highest BCUT2D eigenvalue weighted by Gasteiger charge is 2.24. The Kier molecular flexibility index (Phi) is 6.72. The van der Waals surface area contributed by atoms with Gasteiger partial charge in [0.05, 0.1) is 25.3 Å². The molecule has 0 atom stereocenters. The standard InChI is InChI=1S/C23H27N3O4/c1-5-25-16(4)26(21-14-17(8-13-20(21)25)23(28)30-7-3)15-22(27)24-18-9-11-19(12-10-18)29-6-2/h8-14H,5-7,15H2,1-4H3/p+1. The molecule has 0 unspecified atom stereocenters. The number of nitrogens with one attached hydrogen (secondary N) is 1. The topological polar surface area (TPSA) is 73.4 Å². The Bertz CT molecular complexity index is 1050.